The van der Waals surface area contributed by atoms with Gasteiger partial charge in [0, 0.05) is 38.2 Å². The van der Waals surface area contributed by atoms with Gasteiger partial charge in [0.25, 0.3) is 0 Å². The highest BCUT2D eigenvalue weighted by Crippen LogP contribution is 2.23. The van der Waals surface area contributed by atoms with Crippen LogP contribution in [0.2, 0.25) is 0 Å². The van der Waals surface area contributed by atoms with E-state index in [4.69, 9.17) is 10.5 Å². The van der Waals surface area contributed by atoms with Crippen molar-refractivity contribution in [2.75, 3.05) is 26.7 Å². The molecule has 0 saturated carbocycles. The smallest absolute Gasteiger partial charge is 0.225 e. The van der Waals surface area contributed by atoms with Gasteiger partial charge in [0.15, 0.2) is 5.78 Å². The van der Waals surface area contributed by atoms with E-state index in [1.165, 1.54) is 5.56 Å². The second-order valence-corrected chi connectivity index (χ2v) is 7.61. The summed E-state index contributed by atoms with van der Waals surface area (Å²) in [6.45, 7) is 5.97. The zero-order valence-electron chi connectivity index (χ0n) is 16.6. The van der Waals surface area contributed by atoms with Crippen LogP contribution in [0.4, 0.5) is 0 Å². The summed E-state index contributed by atoms with van der Waals surface area (Å²) in [4.78, 5) is 26.9. The van der Waals surface area contributed by atoms with Crippen molar-refractivity contribution in [3.05, 3.63) is 35.4 Å². The maximum atomic E-state index is 12.7. The molecule has 2 rings (SSSR count). The Bertz CT molecular complexity index is 592. The summed E-state index contributed by atoms with van der Waals surface area (Å²) >= 11 is 0. The number of methoxy groups -OCH3 is 1. The Labute approximate surface area is 169 Å². The van der Waals surface area contributed by atoms with Crippen LogP contribution < -0.4 is 5.73 Å². The molecule has 6 heteroatoms. The summed E-state index contributed by atoms with van der Waals surface area (Å²) in [5.74, 6) is 0.870. The van der Waals surface area contributed by atoms with Gasteiger partial charge in [0.1, 0.15) is 0 Å². The van der Waals surface area contributed by atoms with Crippen molar-refractivity contribution in [1.82, 2.24) is 4.90 Å². The van der Waals surface area contributed by atoms with Gasteiger partial charge >= 0.3 is 0 Å². The first kappa shape index (κ1) is 23.6. The largest absolute Gasteiger partial charge is 0.380 e. The van der Waals surface area contributed by atoms with Gasteiger partial charge in [-0.25, -0.2) is 0 Å². The number of Topliss-reactive ketones (excluding diaryl/α,β-unsaturated/α-hetero) is 1. The molecule has 1 unspecified atom stereocenters. The third-order valence-electron chi connectivity index (χ3n) is 5.10. The zero-order valence-corrected chi connectivity index (χ0v) is 17.5. The van der Waals surface area contributed by atoms with E-state index in [1.54, 1.807) is 7.11 Å². The Morgan fingerprint density at radius 2 is 1.78 bits per heavy atom. The Morgan fingerprint density at radius 1 is 1.19 bits per heavy atom. The molecular formula is C21H33ClN2O3. The molecule has 1 aliphatic rings. The Balaban J connectivity index is 0.00000364. The third-order valence-corrected chi connectivity index (χ3v) is 5.10. The fraction of sp³-hybridized carbons (Fsp3) is 0.619. The standard InChI is InChI=1S/C21H32N2O3.ClH/c1-15(2)12-16-4-6-17(7-5-16)21(25)18-8-10-23(11-9-18)20(24)13-19(14-22)26-3;/h4-7,15,18-19H,8-14,22H2,1-3H3;1H. The van der Waals surface area contributed by atoms with Crippen molar-refractivity contribution in [3.8, 4) is 0 Å². The van der Waals surface area contributed by atoms with E-state index >= 15 is 0 Å². The van der Waals surface area contributed by atoms with Crippen LogP contribution in [0.3, 0.4) is 0 Å². The number of ketones is 1. The molecule has 0 aromatic heterocycles. The highest BCUT2D eigenvalue weighted by Gasteiger charge is 2.28. The van der Waals surface area contributed by atoms with E-state index in [2.05, 4.69) is 26.0 Å². The molecule has 1 saturated heterocycles. The number of nitrogens with two attached hydrogens (primary N) is 1. The summed E-state index contributed by atoms with van der Waals surface area (Å²) in [6, 6.07) is 8.01. The van der Waals surface area contributed by atoms with Crippen molar-refractivity contribution in [3.63, 3.8) is 0 Å². The van der Waals surface area contributed by atoms with Gasteiger partial charge in [0.05, 0.1) is 12.5 Å². The quantitative estimate of drug-likeness (QED) is 0.685. The second kappa shape index (κ2) is 11.4. The monoisotopic (exact) mass is 396 g/mol. The van der Waals surface area contributed by atoms with E-state index in [-0.39, 0.29) is 36.1 Å². The molecule has 1 amide bonds. The first-order valence-corrected chi connectivity index (χ1v) is 9.58. The van der Waals surface area contributed by atoms with Crippen LogP contribution in [0, 0.1) is 11.8 Å². The molecule has 0 bridgehead atoms. The number of nitrogens with zero attached hydrogens (tertiary/aromatic N) is 1. The van der Waals surface area contributed by atoms with Gasteiger partial charge < -0.3 is 15.4 Å². The van der Waals surface area contributed by atoms with Crippen molar-refractivity contribution in [2.24, 2.45) is 17.6 Å². The first-order chi connectivity index (χ1) is 12.4. The number of hydrogen-bond acceptors (Lipinski definition) is 4. The molecular weight excluding hydrogens is 364 g/mol. The Hall–Kier alpha value is -1.43. The molecule has 1 aliphatic heterocycles. The number of benzene rings is 1. The predicted molar refractivity (Wildman–Crippen MR) is 110 cm³/mol. The first-order valence-electron chi connectivity index (χ1n) is 9.58. The number of likely N-dealkylation sites (tertiary alicyclic amines) is 1. The average molecular weight is 397 g/mol. The number of piperidine rings is 1. The van der Waals surface area contributed by atoms with E-state index < -0.39 is 0 Å². The summed E-state index contributed by atoms with van der Waals surface area (Å²) in [7, 11) is 1.57. The van der Waals surface area contributed by atoms with Gasteiger partial charge in [-0.1, -0.05) is 38.1 Å². The number of carbonyl (C=O) groups excluding carboxylic acids is 2. The summed E-state index contributed by atoms with van der Waals surface area (Å²) < 4.78 is 5.19. The molecule has 1 heterocycles. The van der Waals surface area contributed by atoms with E-state index in [9.17, 15) is 9.59 Å². The number of rotatable bonds is 8. The van der Waals surface area contributed by atoms with Gasteiger partial charge in [-0.2, -0.15) is 0 Å². The average Bonchev–Trinajstić information content (AvgIpc) is 2.65. The van der Waals surface area contributed by atoms with Crippen molar-refractivity contribution < 1.29 is 14.3 Å². The molecule has 5 nitrogen and oxygen atoms in total. The van der Waals surface area contributed by atoms with Crippen molar-refractivity contribution >= 4 is 24.1 Å². The van der Waals surface area contributed by atoms with Gasteiger partial charge in [-0.3, -0.25) is 9.59 Å². The highest BCUT2D eigenvalue weighted by molar-refractivity contribution is 5.98. The van der Waals surface area contributed by atoms with Gasteiger partial charge in [-0.05, 0) is 30.7 Å². The molecule has 1 aromatic carbocycles. The lowest BCUT2D eigenvalue weighted by molar-refractivity contribution is -0.134. The van der Waals surface area contributed by atoms with Crippen LogP contribution in [0.15, 0.2) is 24.3 Å². The topological polar surface area (TPSA) is 72.6 Å². The van der Waals surface area contributed by atoms with Crippen LogP contribution in [0.1, 0.15) is 49.0 Å². The molecule has 2 N–H and O–H groups in total. The zero-order chi connectivity index (χ0) is 19.1. The minimum absolute atomic E-state index is 0. The van der Waals surface area contributed by atoms with Crippen LogP contribution in [0.5, 0.6) is 0 Å². The van der Waals surface area contributed by atoms with Crippen LogP contribution in [0.25, 0.3) is 0 Å². The summed E-state index contributed by atoms with van der Waals surface area (Å²) in [6.07, 6.45) is 2.55. The minimum atomic E-state index is -0.230. The van der Waals surface area contributed by atoms with Crippen molar-refractivity contribution in [1.29, 1.82) is 0 Å². The maximum absolute atomic E-state index is 12.7. The lowest BCUT2D eigenvalue weighted by Gasteiger charge is -2.32. The van der Waals surface area contributed by atoms with Gasteiger partial charge in [0.2, 0.25) is 5.91 Å². The molecule has 1 fully saturated rings. The Kier molecular flexibility index (Phi) is 9.99. The fourth-order valence-electron chi connectivity index (χ4n) is 3.49. The second-order valence-electron chi connectivity index (χ2n) is 7.61. The van der Waals surface area contributed by atoms with Crippen LogP contribution in [-0.4, -0.2) is 49.4 Å². The lowest BCUT2D eigenvalue weighted by atomic mass is 9.88. The molecule has 1 atom stereocenters. The number of amides is 1. The molecule has 27 heavy (non-hydrogen) atoms. The van der Waals surface area contributed by atoms with E-state index in [1.807, 2.05) is 17.0 Å². The lowest BCUT2D eigenvalue weighted by Crippen LogP contribution is -2.42. The van der Waals surface area contributed by atoms with Crippen LogP contribution in [-0.2, 0) is 16.0 Å². The molecule has 152 valence electrons. The molecule has 0 radical (unpaired) electrons. The SMILES string of the molecule is COC(CN)CC(=O)N1CCC(C(=O)c2ccc(CC(C)C)cc2)CC1.Cl. The fourth-order valence-corrected chi connectivity index (χ4v) is 3.49. The van der Waals surface area contributed by atoms with E-state index in [0.29, 0.717) is 32.0 Å². The maximum Gasteiger partial charge on any atom is 0.225 e. The van der Waals surface area contributed by atoms with Crippen molar-refractivity contribution in [2.45, 2.75) is 45.6 Å². The molecule has 1 aromatic rings. The van der Waals surface area contributed by atoms with Crippen LogP contribution >= 0.6 is 12.4 Å². The number of halogens is 1. The van der Waals surface area contributed by atoms with Gasteiger partial charge in [-0.15, -0.1) is 12.4 Å². The Morgan fingerprint density at radius 3 is 2.26 bits per heavy atom. The summed E-state index contributed by atoms with van der Waals surface area (Å²) in [5, 5.41) is 0. The highest BCUT2D eigenvalue weighted by atomic mass is 35.5. The number of carbonyl (C=O) groups is 2. The predicted octanol–water partition coefficient (Wildman–Crippen LogP) is 3.09. The third kappa shape index (κ3) is 6.91. The molecule has 0 spiro atoms. The normalized spacial score (nSPS) is 16.1. The number of hydrogen-bond donors (Lipinski definition) is 1. The molecule has 0 aliphatic carbocycles. The van der Waals surface area contributed by atoms with E-state index in [0.717, 1.165) is 24.8 Å². The minimum Gasteiger partial charge on any atom is -0.380 e. The summed E-state index contributed by atoms with van der Waals surface area (Å²) in [5.41, 5.74) is 7.63. The number of ether oxygens (including phenoxy) is 1.